The van der Waals surface area contributed by atoms with Gasteiger partial charge in [0.15, 0.2) is 3.79 Å². The predicted octanol–water partition coefficient (Wildman–Crippen LogP) is 3.32. The van der Waals surface area contributed by atoms with Crippen molar-refractivity contribution < 1.29 is 4.74 Å². The molecule has 4 heteroatoms. The molecule has 0 N–H and O–H groups in total. The molecule has 1 heterocycles. The van der Waals surface area contributed by atoms with Crippen molar-refractivity contribution >= 4 is 34.8 Å². The third-order valence-corrected chi connectivity index (χ3v) is 2.20. The molecule has 1 fully saturated rings. The zero-order valence-electron chi connectivity index (χ0n) is 6.16. The molecular formula is C7H11Cl3O. The maximum Gasteiger partial charge on any atom is 0.193 e. The maximum atomic E-state index is 5.62. The van der Waals surface area contributed by atoms with E-state index in [1.165, 1.54) is 6.42 Å². The van der Waals surface area contributed by atoms with E-state index >= 15 is 0 Å². The van der Waals surface area contributed by atoms with Crippen molar-refractivity contribution in [3.63, 3.8) is 0 Å². The van der Waals surface area contributed by atoms with Gasteiger partial charge >= 0.3 is 0 Å². The van der Waals surface area contributed by atoms with Crippen molar-refractivity contribution in [2.24, 2.45) is 0 Å². The lowest BCUT2D eigenvalue weighted by molar-refractivity contribution is 0.0120. The van der Waals surface area contributed by atoms with Crippen LogP contribution in [0.25, 0.3) is 0 Å². The topological polar surface area (TPSA) is 9.23 Å². The van der Waals surface area contributed by atoms with E-state index in [0.29, 0.717) is 6.42 Å². The summed E-state index contributed by atoms with van der Waals surface area (Å²) in [6, 6.07) is 0. The first-order valence-electron chi connectivity index (χ1n) is 3.76. The van der Waals surface area contributed by atoms with Gasteiger partial charge in [0.05, 0.1) is 6.10 Å². The molecule has 66 valence electrons. The van der Waals surface area contributed by atoms with Crippen LogP contribution in [-0.4, -0.2) is 16.5 Å². The van der Waals surface area contributed by atoms with Gasteiger partial charge < -0.3 is 4.74 Å². The van der Waals surface area contributed by atoms with Gasteiger partial charge in [0, 0.05) is 13.0 Å². The summed E-state index contributed by atoms with van der Waals surface area (Å²) in [5.41, 5.74) is 0. The molecule has 0 amide bonds. The van der Waals surface area contributed by atoms with Gasteiger partial charge in [-0.05, 0) is 19.3 Å². The number of hydrogen-bond donors (Lipinski definition) is 0. The third kappa shape index (κ3) is 4.41. The molecule has 1 saturated heterocycles. The van der Waals surface area contributed by atoms with Crippen LogP contribution in [0.2, 0.25) is 0 Å². The number of hydrogen-bond acceptors (Lipinski definition) is 1. The molecule has 1 aliphatic heterocycles. The van der Waals surface area contributed by atoms with Gasteiger partial charge in [-0.15, -0.1) is 0 Å². The highest BCUT2D eigenvalue weighted by Crippen LogP contribution is 2.34. The van der Waals surface area contributed by atoms with E-state index in [2.05, 4.69) is 0 Å². The molecule has 1 atom stereocenters. The Morgan fingerprint density at radius 3 is 2.45 bits per heavy atom. The van der Waals surface area contributed by atoms with E-state index in [1.807, 2.05) is 0 Å². The molecule has 0 aromatic rings. The molecule has 0 saturated carbocycles. The number of alkyl halides is 3. The lowest BCUT2D eigenvalue weighted by atomic mass is 10.1. The summed E-state index contributed by atoms with van der Waals surface area (Å²) >= 11 is 16.9. The molecule has 0 spiro atoms. The summed E-state index contributed by atoms with van der Waals surface area (Å²) in [5, 5.41) is 0. The summed E-state index contributed by atoms with van der Waals surface area (Å²) in [5.74, 6) is 0. The molecule has 0 bridgehead atoms. The first kappa shape index (κ1) is 9.91. The van der Waals surface area contributed by atoms with Crippen LogP contribution in [0.15, 0.2) is 0 Å². The first-order valence-corrected chi connectivity index (χ1v) is 4.90. The highest BCUT2D eigenvalue weighted by atomic mass is 35.6. The molecule has 1 rings (SSSR count). The second kappa shape index (κ2) is 4.18. The second-order valence-electron chi connectivity index (χ2n) is 2.81. The van der Waals surface area contributed by atoms with E-state index in [1.54, 1.807) is 0 Å². The quantitative estimate of drug-likeness (QED) is 0.612. The largest absolute Gasteiger partial charge is 0.378 e. The molecule has 1 nitrogen and oxygen atoms in total. The van der Waals surface area contributed by atoms with Crippen LogP contribution >= 0.6 is 34.8 Å². The zero-order valence-corrected chi connectivity index (χ0v) is 8.42. The summed E-state index contributed by atoms with van der Waals surface area (Å²) in [6.45, 7) is 0.811. The first-order chi connectivity index (χ1) is 5.08. The SMILES string of the molecule is ClC(Cl)(Cl)CC1CCCCO1. The van der Waals surface area contributed by atoms with Gasteiger partial charge in [0.25, 0.3) is 0 Å². The molecular weight excluding hydrogens is 206 g/mol. The minimum absolute atomic E-state index is 0.149. The lowest BCUT2D eigenvalue weighted by Crippen LogP contribution is -2.24. The van der Waals surface area contributed by atoms with Crippen molar-refractivity contribution in [2.75, 3.05) is 6.61 Å². The average molecular weight is 218 g/mol. The molecule has 0 radical (unpaired) electrons. The van der Waals surface area contributed by atoms with Gasteiger partial charge in [0.2, 0.25) is 0 Å². The number of ether oxygens (including phenoxy) is 1. The second-order valence-corrected chi connectivity index (χ2v) is 5.32. The molecule has 1 aliphatic rings. The van der Waals surface area contributed by atoms with Gasteiger partial charge in [0.1, 0.15) is 0 Å². The third-order valence-electron chi connectivity index (χ3n) is 1.73. The Balaban J connectivity index is 2.24. The van der Waals surface area contributed by atoms with Crippen LogP contribution < -0.4 is 0 Å². The van der Waals surface area contributed by atoms with Gasteiger partial charge in [-0.1, -0.05) is 34.8 Å². The minimum atomic E-state index is -1.15. The standard InChI is InChI=1S/C7H11Cl3O/c8-7(9,10)5-6-3-1-2-4-11-6/h6H,1-5H2. The lowest BCUT2D eigenvalue weighted by Gasteiger charge is -2.25. The van der Waals surface area contributed by atoms with Crippen molar-refractivity contribution in [1.82, 2.24) is 0 Å². The molecule has 11 heavy (non-hydrogen) atoms. The van der Waals surface area contributed by atoms with Crippen LogP contribution in [0.1, 0.15) is 25.7 Å². The van der Waals surface area contributed by atoms with E-state index in [4.69, 9.17) is 39.5 Å². The Hall–Kier alpha value is 0.830. The summed E-state index contributed by atoms with van der Waals surface area (Å²) in [7, 11) is 0. The zero-order chi connectivity index (χ0) is 8.32. The molecule has 0 aliphatic carbocycles. The summed E-state index contributed by atoms with van der Waals surface area (Å²) < 4.78 is 4.25. The van der Waals surface area contributed by atoms with Gasteiger partial charge in [-0.25, -0.2) is 0 Å². The fourth-order valence-electron chi connectivity index (χ4n) is 1.23. The van der Waals surface area contributed by atoms with E-state index < -0.39 is 3.79 Å². The van der Waals surface area contributed by atoms with Crippen LogP contribution in [0.5, 0.6) is 0 Å². The highest BCUT2D eigenvalue weighted by molar-refractivity contribution is 6.67. The molecule has 0 aromatic heterocycles. The fourth-order valence-corrected chi connectivity index (χ4v) is 1.74. The summed E-state index contributed by atoms with van der Waals surface area (Å²) in [6.07, 6.45) is 4.00. The normalized spacial score (nSPS) is 27.0. The number of rotatable bonds is 1. The van der Waals surface area contributed by atoms with Crippen molar-refractivity contribution in [1.29, 1.82) is 0 Å². The Morgan fingerprint density at radius 1 is 1.27 bits per heavy atom. The fraction of sp³-hybridized carbons (Fsp3) is 1.00. The molecule has 0 aromatic carbocycles. The van der Waals surface area contributed by atoms with Crippen LogP contribution in [-0.2, 0) is 4.74 Å². The molecule has 1 unspecified atom stereocenters. The van der Waals surface area contributed by atoms with E-state index in [-0.39, 0.29) is 6.10 Å². The Bertz CT molecular complexity index is 115. The van der Waals surface area contributed by atoms with Crippen molar-refractivity contribution in [3.8, 4) is 0 Å². The van der Waals surface area contributed by atoms with Crippen molar-refractivity contribution in [2.45, 2.75) is 35.6 Å². The Morgan fingerprint density at radius 2 is 2.00 bits per heavy atom. The monoisotopic (exact) mass is 216 g/mol. The van der Waals surface area contributed by atoms with E-state index in [9.17, 15) is 0 Å². The van der Waals surface area contributed by atoms with Crippen LogP contribution in [0, 0.1) is 0 Å². The smallest absolute Gasteiger partial charge is 0.193 e. The predicted molar refractivity (Wildman–Crippen MR) is 48.5 cm³/mol. The maximum absolute atomic E-state index is 5.62. The minimum Gasteiger partial charge on any atom is -0.378 e. The summed E-state index contributed by atoms with van der Waals surface area (Å²) in [4.78, 5) is 0. The van der Waals surface area contributed by atoms with Crippen LogP contribution in [0.4, 0.5) is 0 Å². The number of halogens is 3. The van der Waals surface area contributed by atoms with Gasteiger partial charge in [-0.3, -0.25) is 0 Å². The van der Waals surface area contributed by atoms with Crippen molar-refractivity contribution in [3.05, 3.63) is 0 Å². The highest BCUT2D eigenvalue weighted by Gasteiger charge is 2.26. The Kier molecular flexibility index (Phi) is 3.76. The average Bonchev–Trinajstić information content (AvgIpc) is 1.85. The van der Waals surface area contributed by atoms with Gasteiger partial charge in [-0.2, -0.15) is 0 Å². The Labute approximate surface area is 81.9 Å². The van der Waals surface area contributed by atoms with E-state index in [0.717, 1.165) is 19.4 Å². The van der Waals surface area contributed by atoms with Crippen LogP contribution in [0.3, 0.4) is 0 Å².